The SMILES string of the molecule is CS(=O)(=O)CC1(CNC(=O)c2ccccc2-c2ccccc2C(=O)O)CC1. The fourth-order valence-electron chi connectivity index (χ4n) is 3.29. The molecule has 1 amide bonds. The molecule has 142 valence electrons. The van der Waals surface area contributed by atoms with Crippen molar-refractivity contribution in [2.24, 2.45) is 5.41 Å². The highest BCUT2D eigenvalue weighted by Gasteiger charge is 2.45. The minimum Gasteiger partial charge on any atom is -0.478 e. The molecule has 27 heavy (non-hydrogen) atoms. The summed E-state index contributed by atoms with van der Waals surface area (Å²) in [7, 11) is -3.11. The van der Waals surface area contributed by atoms with Crippen LogP contribution in [0.5, 0.6) is 0 Å². The number of hydrogen-bond acceptors (Lipinski definition) is 4. The van der Waals surface area contributed by atoms with E-state index in [1.165, 1.54) is 12.3 Å². The summed E-state index contributed by atoms with van der Waals surface area (Å²) in [5.74, 6) is -1.35. The molecule has 1 saturated carbocycles. The van der Waals surface area contributed by atoms with Crippen LogP contribution in [0.4, 0.5) is 0 Å². The lowest BCUT2D eigenvalue weighted by atomic mass is 9.95. The van der Waals surface area contributed by atoms with E-state index in [-0.39, 0.29) is 29.2 Å². The number of benzene rings is 2. The zero-order valence-corrected chi connectivity index (χ0v) is 15.8. The molecule has 0 unspecified atom stereocenters. The van der Waals surface area contributed by atoms with Gasteiger partial charge < -0.3 is 10.4 Å². The van der Waals surface area contributed by atoms with Gasteiger partial charge in [0, 0.05) is 23.8 Å². The van der Waals surface area contributed by atoms with Gasteiger partial charge in [0.05, 0.1) is 11.3 Å². The van der Waals surface area contributed by atoms with Crippen molar-refractivity contribution >= 4 is 21.7 Å². The van der Waals surface area contributed by atoms with Gasteiger partial charge in [0.15, 0.2) is 0 Å². The lowest BCUT2D eigenvalue weighted by Gasteiger charge is -2.16. The van der Waals surface area contributed by atoms with E-state index in [1.54, 1.807) is 42.5 Å². The normalized spacial score (nSPS) is 15.1. The molecular weight excluding hydrogens is 366 g/mol. The first-order valence-electron chi connectivity index (χ1n) is 8.58. The Hall–Kier alpha value is -2.67. The molecule has 0 spiro atoms. The molecule has 0 saturated heterocycles. The Morgan fingerprint density at radius 3 is 2.04 bits per heavy atom. The zero-order chi connectivity index (χ0) is 19.7. The maximum absolute atomic E-state index is 12.8. The second-order valence-electron chi connectivity index (χ2n) is 7.15. The third-order valence-corrected chi connectivity index (χ3v) is 5.91. The van der Waals surface area contributed by atoms with Crippen molar-refractivity contribution < 1.29 is 23.1 Å². The largest absolute Gasteiger partial charge is 0.478 e. The number of amides is 1. The smallest absolute Gasteiger partial charge is 0.336 e. The fraction of sp³-hybridized carbons (Fsp3) is 0.300. The van der Waals surface area contributed by atoms with E-state index in [0.717, 1.165) is 12.8 Å². The molecule has 2 aromatic carbocycles. The zero-order valence-electron chi connectivity index (χ0n) is 14.9. The van der Waals surface area contributed by atoms with Gasteiger partial charge in [-0.25, -0.2) is 13.2 Å². The van der Waals surface area contributed by atoms with Crippen molar-refractivity contribution in [1.82, 2.24) is 5.32 Å². The van der Waals surface area contributed by atoms with Gasteiger partial charge in [-0.1, -0.05) is 36.4 Å². The highest BCUT2D eigenvalue weighted by molar-refractivity contribution is 7.90. The van der Waals surface area contributed by atoms with E-state index < -0.39 is 15.8 Å². The molecule has 0 radical (unpaired) electrons. The van der Waals surface area contributed by atoms with Crippen LogP contribution >= 0.6 is 0 Å². The van der Waals surface area contributed by atoms with Crippen LogP contribution in [0.3, 0.4) is 0 Å². The summed E-state index contributed by atoms with van der Waals surface area (Å²) in [6.07, 6.45) is 2.74. The van der Waals surface area contributed by atoms with Crippen LogP contribution in [0, 0.1) is 5.41 Å². The molecule has 6 nitrogen and oxygen atoms in total. The van der Waals surface area contributed by atoms with Crippen LogP contribution in [-0.4, -0.2) is 44.0 Å². The van der Waals surface area contributed by atoms with Crippen molar-refractivity contribution in [3.05, 3.63) is 59.7 Å². The first kappa shape index (κ1) is 19.1. The molecule has 2 N–H and O–H groups in total. The average Bonchev–Trinajstić information content (AvgIpc) is 3.37. The average molecular weight is 387 g/mol. The summed E-state index contributed by atoms with van der Waals surface area (Å²) < 4.78 is 23.1. The number of rotatable bonds is 7. The van der Waals surface area contributed by atoms with E-state index in [2.05, 4.69) is 5.32 Å². The van der Waals surface area contributed by atoms with Crippen molar-refractivity contribution in [2.75, 3.05) is 18.6 Å². The second-order valence-corrected chi connectivity index (χ2v) is 9.29. The van der Waals surface area contributed by atoms with E-state index >= 15 is 0 Å². The van der Waals surface area contributed by atoms with Crippen LogP contribution < -0.4 is 5.32 Å². The minimum atomic E-state index is -3.11. The number of sulfone groups is 1. The van der Waals surface area contributed by atoms with Gasteiger partial charge in [0.2, 0.25) is 0 Å². The Kier molecular flexibility index (Phi) is 5.06. The van der Waals surface area contributed by atoms with Gasteiger partial charge in [-0.05, 0) is 36.1 Å². The third kappa shape index (κ3) is 4.54. The van der Waals surface area contributed by atoms with E-state index in [1.807, 2.05) is 0 Å². The molecule has 1 aliphatic rings. The number of carbonyl (C=O) groups excluding carboxylic acids is 1. The standard InChI is InChI=1S/C20H21NO5S/c1-27(25,26)13-20(10-11-20)12-21-18(22)16-8-4-2-6-14(16)15-7-3-5-9-17(15)19(23)24/h2-9H,10-13H2,1H3,(H,21,22)(H,23,24). The summed E-state index contributed by atoms with van der Waals surface area (Å²) >= 11 is 0. The van der Waals surface area contributed by atoms with Gasteiger partial charge in [-0.3, -0.25) is 4.79 Å². The quantitative estimate of drug-likeness (QED) is 0.761. The van der Waals surface area contributed by atoms with E-state index in [0.29, 0.717) is 16.7 Å². The summed E-state index contributed by atoms with van der Waals surface area (Å²) in [6, 6.07) is 13.3. The van der Waals surface area contributed by atoms with Gasteiger partial charge >= 0.3 is 5.97 Å². The maximum atomic E-state index is 12.8. The predicted molar refractivity (Wildman–Crippen MR) is 103 cm³/mol. The number of carboxylic acid groups (broad SMARTS) is 1. The van der Waals surface area contributed by atoms with Gasteiger partial charge in [-0.15, -0.1) is 0 Å². The summed E-state index contributed by atoms with van der Waals surface area (Å²) in [5, 5.41) is 12.3. The summed E-state index contributed by atoms with van der Waals surface area (Å²) in [6.45, 7) is 0.286. The lowest BCUT2D eigenvalue weighted by molar-refractivity contribution is 0.0697. The molecule has 0 aliphatic heterocycles. The number of aromatic carboxylic acids is 1. The van der Waals surface area contributed by atoms with Crippen molar-refractivity contribution in [3.63, 3.8) is 0 Å². The highest BCUT2D eigenvalue weighted by atomic mass is 32.2. The first-order chi connectivity index (χ1) is 12.7. The second kappa shape index (κ2) is 7.15. The molecule has 0 heterocycles. The van der Waals surface area contributed by atoms with E-state index in [9.17, 15) is 23.1 Å². The maximum Gasteiger partial charge on any atom is 0.336 e. The minimum absolute atomic E-state index is 0.0593. The molecule has 1 fully saturated rings. The molecular formula is C20H21NO5S. The molecule has 0 aromatic heterocycles. The Morgan fingerprint density at radius 2 is 1.52 bits per heavy atom. The number of hydrogen-bond donors (Lipinski definition) is 2. The fourth-order valence-corrected chi connectivity index (χ4v) is 4.79. The Bertz CT molecular complexity index is 993. The third-order valence-electron chi connectivity index (χ3n) is 4.77. The molecule has 3 rings (SSSR count). The van der Waals surface area contributed by atoms with Crippen LogP contribution in [0.2, 0.25) is 0 Å². The highest BCUT2D eigenvalue weighted by Crippen LogP contribution is 2.46. The van der Waals surface area contributed by atoms with Crippen LogP contribution in [0.25, 0.3) is 11.1 Å². The molecule has 1 aliphatic carbocycles. The molecule has 2 aromatic rings. The topological polar surface area (TPSA) is 101 Å². The number of nitrogens with one attached hydrogen (secondary N) is 1. The van der Waals surface area contributed by atoms with Crippen LogP contribution in [0.1, 0.15) is 33.6 Å². The first-order valence-corrected chi connectivity index (χ1v) is 10.6. The van der Waals surface area contributed by atoms with Crippen molar-refractivity contribution in [3.8, 4) is 11.1 Å². The molecule has 7 heteroatoms. The Balaban J connectivity index is 1.85. The Labute approximate surface area is 158 Å². The van der Waals surface area contributed by atoms with Gasteiger partial charge in [0.1, 0.15) is 9.84 Å². The van der Waals surface area contributed by atoms with Crippen molar-refractivity contribution in [1.29, 1.82) is 0 Å². The monoisotopic (exact) mass is 387 g/mol. The number of carboxylic acids is 1. The summed E-state index contributed by atoms with van der Waals surface area (Å²) in [4.78, 5) is 24.3. The molecule has 0 atom stereocenters. The van der Waals surface area contributed by atoms with Crippen LogP contribution in [-0.2, 0) is 9.84 Å². The van der Waals surface area contributed by atoms with Crippen LogP contribution in [0.15, 0.2) is 48.5 Å². The van der Waals surface area contributed by atoms with Gasteiger partial charge in [-0.2, -0.15) is 0 Å². The predicted octanol–water partition coefficient (Wildman–Crippen LogP) is 2.61. The Morgan fingerprint density at radius 1 is 1.00 bits per heavy atom. The van der Waals surface area contributed by atoms with Gasteiger partial charge in [0.25, 0.3) is 5.91 Å². The van der Waals surface area contributed by atoms with E-state index in [4.69, 9.17) is 0 Å². The van der Waals surface area contributed by atoms with Crippen molar-refractivity contribution in [2.45, 2.75) is 12.8 Å². The molecule has 0 bridgehead atoms. The number of carbonyl (C=O) groups is 2. The lowest BCUT2D eigenvalue weighted by Crippen LogP contribution is -2.33. The summed E-state index contributed by atoms with van der Waals surface area (Å²) in [5.41, 5.74) is 1.10.